The van der Waals surface area contributed by atoms with Crippen LogP contribution in [0.2, 0.25) is 0 Å². The normalized spacial score (nSPS) is 18.4. The summed E-state index contributed by atoms with van der Waals surface area (Å²) >= 11 is 0. The van der Waals surface area contributed by atoms with E-state index in [-0.39, 0.29) is 11.5 Å². The summed E-state index contributed by atoms with van der Waals surface area (Å²) in [4.78, 5) is 11.3. The number of ketones is 1. The van der Waals surface area contributed by atoms with Crippen LogP contribution in [0, 0.1) is 0 Å². The summed E-state index contributed by atoms with van der Waals surface area (Å²) < 4.78 is 0. The number of phenolic OH excluding ortho intramolecular Hbond substituents is 1. The smallest absolute Gasteiger partial charge is 0.160 e. The molecule has 0 aromatic heterocycles. The summed E-state index contributed by atoms with van der Waals surface area (Å²) in [6, 6.07) is 6.76. The SMILES string of the molecule is O=C1CCCC1=CNc1ccc(O)cc1. The zero-order chi connectivity index (χ0) is 10.7. The van der Waals surface area contributed by atoms with Crippen molar-refractivity contribution >= 4 is 11.5 Å². The molecule has 15 heavy (non-hydrogen) atoms. The van der Waals surface area contributed by atoms with Gasteiger partial charge in [-0.1, -0.05) is 0 Å². The van der Waals surface area contributed by atoms with Gasteiger partial charge in [-0.3, -0.25) is 4.79 Å². The van der Waals surface area contributed by atoms with Crippen molar-refractivity contribution in [2.24, 2.45) is 0 Å². The molecule has 1 aliphatic carbocycles. The zero-order valence-electron chi connectivity index (χ0n) is 8.36. The Hall–Kier alpha value is -1.77. The number of Topliss-reactive ketones (excluding diaryl/α,β-unsaturated/α-hetero) is 1. The number of carbonyl (C=O) groups is 1. The second-order valence-electron chi connectivity index (χ2n) is 3.64. The Labute approximate surface area is 88.4 Å². The van der Waals surface area contributed by atoms with Crippen molar-refractivity contribution in [2.45, 2.75) is 19.3 Å². The number of aromatic hydroxyl groups is 1. The molecule has 0 atom stereocenters. The Morgan fingerprint density at radius 1 is 1.20 bits per heavy atom. The monoisotopic (exact) mass is 203 g/mol. The summed E-state index contributed by atoms with van der Waals surface area (Å²) in [5.41, 5.74) is 1.74. The largest absolute Gasteiger partial charge is 0.508 e. The third-order valence-corrected chi connectivity index (χ3v) is 2.49. The van der Waals surface area contributed by atoms with Gasteiger partial charge in [0.2, 0.25) is 0 Å². The molecule has 3 nitrogen and oxygen atoms in total. The van der Waals surface area contributed by atoms with E-state index >= 15 is 0 Å². The molecule has 1 aromatic carbocycles. The Balaban J connectivity index is 2.03. The molecule has 0 heterocycles. The lowest BCUT2D eigenvalue weighted by atomic mass is 10.2. The molecule has 1 saturated carbocycles. The van der Waals surface area contributed by atoms with E-state index in [9.17, 15) is 4.79 Å². The number of allylic oxidation sites excluding steroid dienone is 1. The van der Waals surface area contributed by atoms with Crippen LogP contribution in [0.3, 0.4) is 0 Å². The van der Waals surface area contributed by atoms with Gasteiger partial charge in [0.1, 0.15) is 5.75 Å². The summed E-state index contributed by atoms with van der Waals surface area (Å²) in [5, 5.41) is 12.1. The highest BCUT2D eigenvalue weighted by Gasteiger charge is 2.16. The minimum absolute atomic E-state index is 0.237. The number of phenols is 1. The van der Waals surface area contributed by atoms with Crippen LogP contribution in [0.5, 0.6) is 5.75 Å². The molecule has 0 spiro atoms. The molecule has 0 aliphatic heterocycles. The van der Waals surface area contributed by atoms with Crippen molar-refractivity contribution < 1.29 is 9.90 Å². The van der Waals surface area contributed by atoms with Gasteiger partial charge in [-0.05, 0) is 37.1 Å². The fourth-order valence-electron chi connectivity index (χ4n) is 1.62. The summed E-state index contributed by atoms with van der Waals surface area (Å²) in [7, 11) is 0. The van der Waals surface area contributed by atoms with Crippen molar-refractivity contribution in [3.8, 4) is 5.75 Å². The number of anilines is 1. The first-order valence-corrected chi connectivity index (χ1v) is 5.03. The van der Waals surface area contributed by atoms with Crippen molar-refractivity contribution in [2.75, 3.05) is 5.32 Å². The molecule has 1 fully saturated rings. The van der Waals surface area contributed by atoms with Gasteiger partial charge in [0, 0.05) is 23.9 Å². The number of hydrogen-bond acceptors (Lipinski definition) is 3. The Morgan fingerprint density at radius 3 is 2.53 bits per heavy atom. The van der Waals surface area contributed by atoms with Crippen LogP contribution in [0.25, 0.3) is 0 Å². The van der Waals surface area contributed by atoms with E-state index in [1.54, 1.807) is 30.5 Å². The molecule has 1 aromatic rings. The Bertz CT molecular complexity index is 393. The molecule has 3 heteroatoms. The molecule has 0 bridgehead atoms. The fourth-order valence-corrected chi connectivity index (χ4v) is 1.62. The molecular weight excluding hydrogens is 190 g/mol. The first kappa shape index (κ1) is 9.77. The summed E-state index contributed by atoms with van der Waals surface area (Å²) in [6.07, 6.45) is 4.26. The van der Waals surface area contributed by atoms with Gasteiger partial charge in [-0.25, -0.2) is 0 Å². The maximum absolute atomic E-state index is 11.3. The van der Waals surface area contributed by atoms with Gasteiger partial charge in [0.15, 0.2) is 5.78 Å². The quantitative estimate of drug-likeness (QED) is 0.573. The van der Waals surface area contributed by atoms with Crippen LogP contribution in [0.4, 0.5) is 5.69 Å². The fraction of sp³-hybridized carbons (Fsp3) is 0.250. The lowest BCUT2D eigenvalue weighted by Crippen LogP contribution is -1.96. The van der Waals surface area contributed by atoms with E-state index in [2.05, 4.69) is 5.32 Å². The van der Waals surface area contributed by atoms with Crippen LogP contribution in [-0.2, 0) is 4.79 Å². The zero-order valence-corrected chi connectivity index (χ0v) is 8.36. The van der Waals surface area contributed by atoms with E-state index in [1.807, 2.05) is 0 Å². The van der Waals surface area contributed by atoms with Crippen LogP contribution in [-0.4, -0.2) is 10.9 Å². The first-order valence-electron chi connectivity index (χ1n) is 5.03. The highest BCUT2D eigenvalue weighted by atomic mass is 16.3. The summed E-state index contributed by atoms with van der Waals surface area (Å²) in [5.74, 6) is 0.478. The number of nitrogens with one attached hydrogen (secondary N) is 1. The van der Waals surface area contributed by atoms with Crippen LogP contribution in [0.1, 0.15) is 19.3 Å². The topological polar surface area (TPSA) is 49.3 Å². The van der Waals surface area contributed by atoms with Crippen molar-refractivity contribution in [1.29, 1.82) is 0 Å². The second-order valence-corrected chi connectivity index (χ2v) is 3.64. The maximum Gasteiger partial charge on any atom is 0.160 e. The molecule has 2 rings (SSSR count). The number of carbonyl (C=O) groups excluding carboxylic acids is 1. The van der Waals surface area contributed by atoms with E-state index in [4.69, 9.17) is 5.11 Å². The number of hydrogen-bond donors (Lipinski definition) is 2. The van der Waals surface area contributed by atoms with Crippen molar-refractivity contribution in [3.63, 3.8) is 0 Å². The van der Waals surface area contributed by atoms with Gasteiger partial charge in [-0.15, -0.1) is 0 Å². The number of rotatable bonds is 2. The molecule has 0 unspecified atom stereocenters. The molecule has 0 radical (unpaired) electrons. The molecule has 0 saturated heterocycles. The average Bonchev–Trinajstić information content (AvgIpc) is 2.63. The van der Waals surface area contributed by atoms with Crippen LogP contribution >= 0.6 is 0 Å². The van der Waals surface area contributed by atoms with Crippen LogP contribution < -0.4 is 5.32 Å². The van der Waals surface area contributed by atoms with Gasteiger partial charge in [0.05, 0.1) is 0 Å². The predicted octanol–water partition coefficient (Wildman–Crippen LogP) is 2.44. The summed E-state index contributed by atoms with van der Waals surface area (Å²) in [6.45, 7) is 0. The number of benzene rings is 1. The standard InChI is InChI=1S/C12H13NO2/c14-11-6-4-10(5-7-11)13-8-9-2-1-3-12(9)15/h4-8,13-14H,1-3H2. The van der Waals surface area contributed by atoms with E-state index < -0.39 is 0 Å². The molecule has 78 valence electrons. The average molecular weight is 203 g/mol. The van der Waals surface area contributed by atoms with Crippen molar-refractivity contribution in [3.05, 3.63) is 36.0 Å². The lowest BCUT2D eigenvalue weighted by molar-refractivity contribution is -0.114. The predicted molar refractivity (Wildman–Crippen MR) is 58.7 cm³/mol. The third kappa shape index (κ3) is 2.37. The van der Waals surface area contributed by atoms with E-state index in [1.165, 1.54) is 0 Å². The molecular formula is C12H13NO2. The molecule has 2 N–H and O–H groups in total. The van der Waals surface area contributed by atoms with E-state index in [0.29, 0.717) is 6.42 Å². The Morgan fingerprint density at radius 2 is 1.93 bits per heavy atom. The van der Waals surface area contributed by atoms with E-state index in [0.717, 1.165) is 24.1 Å². The minimum atomic E-state index is 0.237. The Kier molecular flexibility index (Phi) is 2.72. The van der Waals surface area contributed by atoms with Crippen LogP contribution in [0.15, 0.2) is 36.0 Å². The highest BCUT2D eigenvalue weighted by Crippen LogP contribution is 2.21. The molecule has 0 amide bonds. The molecule has 1 aliphatic rings. The van der Waals surface area contributed by atoms with Crippen molar-refractivity contribution in [1.82, 2.24) is 0 Å². The third-order valence-electron chi connectivity index (χ3n) is 2.49. The maximum atomic E-state index is 11.3. The van der Waals surface area contributed by atoms with Gasteiger partial charge in [-0.2, -0.15) is 0 Å². The lowest BCUT2D eigenvalue weighted by Gasteiger charge is -2.01. The first-order chi connectivity index (χ1) is 7.25. The minimum Gasteiger partial charge on any atom is -0.508 e. The highest BCUT2D eigenvalue weighted by molar-refractivity contribution is 5.97. The van der Waals surface area contributed by atoms with Gasteiger partial charge < -0.3 is 10.4 Å². The second kappa shape index (κ2) is 4.17. The van der Waals surface area contributed by atoms with Gasteiger partial charge in [0.25, 0.3) is 0 Å². The van der Waals surface area contributed by atoms with Gasteiger partial charge >= 0.3 is 0 Å².